The van der Waals surface area contributed by atoms with E-state index in [4.69, 9.17) is 0 Å². The Kier molecular flexibility index (Phi) is 6.11. The molecular formula is C23H32N4O4. The van der Waals surface area contributed by atoms with E-state index in [1.807, 2.05) is 0 Å². The summed E-state index contributed by atoms with van der Waals surface area (Å²) in [6, 6.07) is 6.45. The van der Waals surface area contributed by atoms with Crippen LogP contribution in [0.4, 0.5) is 4.79 Å². The molecule has 1 aromatic carbocycles. The first kappa shape index (κ1) is 22.8. The molecule has 168 valence electrons. The zero-order valence-corrected chi connectivity index (χ0v) is 18.9. The van der Waals surface area contributed by atoms with Gasteiger partial charge in [0.2, 0.25) is 5.91 Å². The SMILES string of the molecule is C[C@@H]1CC(C)(C)C[C@@]2(C1)NC(=O)N(CC(=O)NCc1ccc(C(=O)N(C)C)cc1)C2=O. The molecule has 2 aliphatic rings. The summed E-state index contributed by atoms with van der Waals surface area (Å²) in [6.45, 7) is 6.24. The predicted octanol–water partition coefficient (Wildman–Crippen LogP) is 2.14. The standard InChI is InChI=1S/C23H32N4O4/c1-15-10-22(2,3)14-23(11-15)20(30)27(21(31)25-23)13-18(28)24-12-16-6-8-17(9-7-16)19(29)26(4)5/h6-9,15H,10-14H2,1-5H3,(H,24,28)(H,25,31)/t15-,23-/m1/s1. The van der Waals surface area contributed by atoms with E-state index < -0.39 is 17.5 Å². The van der Waals surface area contributed by atoms with Crippen LogP contribution in [0.1, 0.15) is 56.0 Å². The molecule has 1 spiro atoms. The third-order valence-electron chi connectivity index (χ3n) is 6.02. The Morgan fingerprint density at radius 2 is 1.81 bits per heavy atom. The Labute approximate surface area is 183 Å². The van der Waals surface area contributed by atoms with Crippen molar-refractivity contribution in [2.45, 2.75) is 52.1 Å². The lowest BCUT2D eigenvalue weighted by Crippen LogP contribution is -2.54. The van der Waals surface area contributed by atoms with Gasteiger partial charge in [0, 0.05) is 26.2 Å². The van der Waals surface area contributed by atoms with Crippen LogP contribution in [0.15, 0.2) is 24.3 Å². The van der Waals surface area contributed by atoms with Crippen LogP contribution in [0, 0.1) is 11.3 Å². The smallest absolute Gasteiger partial charge is 0.325 e. The molecule has 0 unspecified atom stereocenters. The molecule has 1 aromatic rings. The second kappa shape index (κ2) is 8.32. The molecule has 31 heavy (non-hydrogen) atoms. The fourth-order valence-electron chi connectivity index (χ4n) is 5.07. The third kappa shape index (κ3) is 4.89. The van der Waals surface area contributed by atoms with Crippen molar-refractivity contribution >= 4 is 23.8 Å². The Balaban J connectivity index is 1.59. The van der Waals surface area contributed by atoms with Gasteiger partial charge in [-0.3, -0.25) is 19.3 Å². The highest BCUT2D eigenvalue weighted by molar-refractivity contribution is 6.09. The van der Waals surface area contributed by atoms with E-state index in [0.29, 0.717) is 24.3 Å². The molecule has 3 rings (SSSR count). The summed E-state index contributed by atoms with van der Waals surface area (Å²) in [5.41, 5.74) is 0.418. The van der Waals surface area contributed by atoms with Crippen LogP contribution in [-0.4, -0.2) is 59.7 Å². The zero-order valence-electron chi connectivity index (χ0n) is 18.9. The number of imide groups is 1. The van der Waals surface area contributed by atoms with Crippen molar-refractivity contribution in [3.63, 3.8) is 0 Å². The monoisotopic (exact) mass is 428 g/mol. The first-order chi connectivity index (χ1) is 14.4. The van der Waals surface area contributed by atoms with E-state index in [2.05, 4.69) is 31.4 Å². The van der Waals surface area contributed by atoms with Crippen molar-refractivity contribution in [1.82, 2.24) is 20.4 Å². The lowest BCUT2D eigenvalue weighted by Gasteiger charge is -2.43. The number of rotatable bonds is 5. The van der Waals surface area contributed by atoms with Gasteiger partial charge in [-0.2, -0.15) is 0 Å². The number of nitrogens with one attached hydrogen (secondary N) is 2. The number of hydrogen-bond donors (Lipinski definition) is 2. The van der Waals surface area contributed by atoms with E-state index in [0.717, 1.165) is 16.9 Å². The fraction of sp³-hybridized carbons (Fsp3) is 0.565. The van der Waals surface area contributed by atoms with Gasteiger partial charge in [-0.15, -0.1) is 0 Å². The molecule has 1 aliphatic carbocycles. The Hall–Kier alpha value is -2.90. The molecule has 2 fully saturated rings. The molecular weight excluding hydrogens is 396 g/mol. The highest BCUT2D eigenvalue weighted by Crippen LogP contribution is 2.46. The lowest BCUT2D eigenvalue weighted by atomic mass is 9.64. The highest BCUT2D eigenvalue weighted by atomic mass is 16.2. The maximum absolute atomic E-state index is 13.1. The zero-order chi connectivity index (χ0) is 23.0. The number of amides is 5. The first-order valence-electron chi connectivity index (χ1n) is 10.6. The average Bonchev–Trinajstić information content (AvgIpc) is 2.87. The number of carbonyl (C=O) groups excluding carboxylic acids is 4. The lowest BCUT2D eigenvalue weighted by molar-refractivity contribution is -0.137. The van der Waals surface area contributed by atoms with Crippen LogP contribution < -0.4 is 10.6 Å². The largest absolute Gasteiger partial charge is 0.350 e. The van der Waals surface area contributed by atoms with E-state index in [1.165, 1.54) is 4.90 Å². The van der Waals surface area contributed by atoms with Gasteiger partial charge < -0.3 is 15.5 Å². The molecule has 0 bridgehead atoms. The number of urea groups is 1. The van der Waals surface area contributed by atoms with Crippen LogP contribution in [0.3, 0.4) is 0 Å². The summed E-state index contributed by atoms with van der Waals surface area (Å²) >= 11 is 0. The number of hydrogen-bond acceptors (Lipinski definition) is 4. The summed E-state index contributed by atoms with van der Waals surface area (Å²) in [5, 5.41) is 5.63. The van der Waals surface area contributed by atoms with E-state index >= 15 is 0 Å². The molecule has 8 nitrogen and oxygen atoms in total. The number of nitrogens with zero attached hydrogens (tertiary/aromatic N) is 2. The summed E-state index contributed by atoms with van der Waals surface area (Å²) in [7, 11) is 3.37. The summed E-state index contributed by atoms with van der Waals surface area (Å²) in [5.74, 6) is -0.497. The van der Waals surface area contributed by atoms with Gasteiger partial charge in [0.25, 0.3) is 11.8 Å². The minimum absolute atomic E-state index is 0.0565. The van der Waals surface area contributed by atoms with Gasteiger partial charge >= 0.3 is 6.03 Å². The Morgan fingerprint density at radius 1 is 1.16 bits per heavy atom. The van der Waals surface area contributed by atoms with E-state index in [1.54, 1.807) is 38.4 Å². The van der Waals surface area contributed by atoms with Crippen molar-refractivity contribution in [1.29, 1.82) is 0 Å². The average molecular weight is 429 g/mol. The number of benzene rings is 1. The van der Waals surface area contributed by atoms with Gasteiger partial charge in [-0.25, -0.2) is 4.79 Å². The Bertz CT molecular complexity index is 893. The van der Waals surface area contributed by atoms with Gasteiger partial charge in [0.15, 0.2) is 0 Å². The van der Waals surface area contributed by atoms with Crippen LogP contribution >= 0.6 is 0 Å². The Morgan fingerprint density at radius 3 is 2.39 bits per heavy atom. The topological polar surface area (TPSA) is 98.8 Å². The molecule has 1 aliphatic heterocycles. The quantitative estimate of drug-likeness (QED) is 0.702. The molecule has 2 atom stereocenters. The molecule has 8 heteroatoms. The van der Waals surface area contributed by atoms with Crippen LogP contribution in [0.2, 0.25) is 0 Å². The van der Waals surface area contributed by atoms with Crippen molar-refractivity contribution in [3.8, 4) is 0 Å². The molecule has 5 amide bonds. The summed E-state index contributed by atoms with van der Waals surface area (Å²) in [4.78, 5) is 52.6. The normalized spacial score (nSPS) is 24.8. The second-order valence-corrected chi connectivity index (χ2v) is 9.93. The van der Waals surface area contributed by atoms with Gasteiger partial charge in [-0.05, 0) is 48.3 Å². The maximum Gasteiger partial charge on any atom is 0.325 e. The van der Waals surface area contributed by atoms with Gasteiger partial charge in [0.05, 0.1) is 0 Å². The molecule has 0 radical (unpaired) electrons. The molecule has 0 aromatic heterocycles. The maximum atomic E-state index is 13.1. The van der Waals surface area contributed by atoms with Crippen molar-refractivity contribution < 1.29 is 19.2 Å². The van der Waals surface area contributed by atoms with Crippen molar-refractivity contribution in [2.75, 3.05) is 20.6 Å². The van der Waals surface area contributed by atoms with E-state index in [9.17, 15) is 19.2 Å². The van der Waals surface area contributed by atoms with Crippen LogP contribution in [-0.2, 0) is 16.1 Å². The molecule has 1 heterocycles. The predicted molar refractivity (Wildman–Crippen MR) is 116 cm³/mol. The molecule has 1 saturated carbocycles. The fourth-order valence-corrected chi connectivity index (χ4v) is 5.07. The van der Waals surface area contributed by atoms with Crippen LogP contribution in [0.5, 0.6) is 0 Å². The summed E-state index contributed by atoms with van der Waals surface area (Å²) < 4.78 is 0. The highest BCUT2D eigenvalue weighted by Gasteiger charge is 2.56. The molecule has 2 N–H and O–H groups in total. The molecule has 1 saturated heterocycles. The second-order valence-electron chi connectivity index (χ2n) is 9.93. The van der Waals surface area contributed by atoms with Gasteiger partial charge in [0.1, 0.15) is 12.1 Å². The minimum Gasteiger partial charge on any atom is -0.350 e. The number of carbonyl (C=O) groups is 4. The summed E-state index contributed by atoms with van der Waals surface area (Å²) in [6.07, 6.45) is 2.17. The first-order valence-corrected chi connectivity index (χ1v) is 10.6. The minimum atomic E-state index is -0.909. The van der Waals surface area contributed by atoms with Crippen molar-refractivity contribution in [2.24, 2.45) is 11.3 Å². The van der Waals surface area contributed by atoms with Crippen molar-refractivity contribution in [3.05, 3.63) is 35.4 Å². The van der Waals surface area contributed by atoms with Crippen LogP contribution in [0.25, 0.3) is 0 Å². The third-order valence-corrected chi connectivity index (χ3v) is 6.02. The van der Waals surface area contributed by atoms with E-state index in [-0.39, 0.29) is 30.3 Å². The van der Waals surface area contributed by atoms with Gasteiger partial charge in [-0.1, -0.05) is 32.9 Å².